The van der Waals surface area contributed by atoms with E-state index < -0.39 is 5.95 Å². The van der Waals surface area contributed by atoms with Crippen LogP contribution in [0.5, 0.6) is 0 Å². The third-order valence-corrected chi connectivity index (χ3v) is 2.88. The standard InChI is InChI=1S/C14H17FN4O/c1-10-9-11(2)19(18-10)8-4-7-16-14(20)12-5-3-6-13(15)17-12/h3,5-6,9H,4,7-8H2,1-2H3,(H,16,20). The number of aromatic nitrogens is 3. The van der Waals surface area contributed by atoms with Gasteiger partial charge < -0.3 is 5.32 Å². The number of hydrogen-bond acceptors (Lipinski definition) is 3. The molecule has 1 N–H and O–H groups in total. The van der Waals surface area contributed by atoms with E-state index >= 15 is 0 Å². The van der Waals surface area contributed by atoms with E-state index in [1.807, 2.05) is 24.6 Å². The van der Waals surface area contributed by atoms with E-state index in [4.69, 9.17) is 0 Å². The highest BCUT2D eigenvalue weighted by Crippen LogP contribution is 2.02. The smallest absolute Gasteiger partial charge is 0.269 e. The highest BCUT2D eigenvalue weighted by molar-refractivity contribution is 5.92. The topological polar surface area (TPSA) is 59.8 Å². The zero-order valence-electron chi connectivity index (χ0n) is 11.6. The minimum absolute atomic E-state index is 0.0936. The third-order valence-electron chi connectivity index (χ3n) is 2.88. The van der Waals surface area contributed by atoms with Crippen LogP contribution in [0, 0.1) is 19.8 Å². The molecule has 0 radical (unpaired) electrons. The summed E-state index contributed by atoms with van der Waals surface area (Å²) in [6, 6.07) is 6.17. The Hall–Kier alpha value is -2.24. The Bertz CT molecular complexity index is 609. The Kier molecular flexibility index (Phi) is 4.45. The molecule has 0 aliphatic rings. The number of nitrogens with zero attached hydrogens (tertiary/aromatic N) is 3. The fourth-order valence-corrected chi connectivity index (χ4v) is 1.96. The largest absolute Gasteiger partial charge is 0.351 e. The van der Waals surface area contributed by atoms with E-state index in [0.717, 1.165) is 24.4 Å². The highest BCUT2D eigenvalue weighted by atomic mass is 19.1. The molecular formula is C14H17FN4O. The van der Waals surface area contributed by atoms with Gasteiger partial charge in [-0.1, -0.05) is 6.07 Å². The van der Waals surface area contributed by atoms with E-state index in [0.29, 0.717) is 6.54 Å². The summed E-state index contributed by atoms with van der Waals surface area (Å²) in [4.78, 5) is 15.2. The van der Waals surface area contributed by atoms with E-state index in [2.05, 4.69) is 15.4 Å². The van der Waals surface area contributed by atoms with Crippen LogP contribution in [0.2, 0.25) is 0 Å². The van der Waals surface area contributed by atoms with Gasteiger partial charge >= 0.3 is 0 Å². The molecule has 0 spiro atoms. The maximum atomic E-state index is 12.9. The van der Waals surface area contributed by atoms with Gasteiger partial charge in [0.1, 0.15) is 5.69 Å². The first-order valence-electron chi connectivity index (χ1n) is 6.48. The molecule has 0 saturated carbocycles. The number of hydrogen-bond donors (Lipinski definition) is 1. The molecule has 0 fully saturated rings. The Morgan fingerprint density at radius 2 is 2.20 bits per heavy atom. The van der Waals surface area contributed by atoms with Gasteiger partial charge in [-0.2, -0.15) is 9.49 Å². The van der Waals surface area contributed by atoms with Gasteiger partial charge in [0.2, 0.25) is 5.95 Å². The summed E-state index contributed by atoms with van der Waals surface area (Å²) in [7, 11) is 0. The molecule has 0 aliphatic heterocycles. The Morgan fingerprint density at radius 1 is 1.40 bits per heavy atom. The lowest BCUT2D eigenvalue weighted by molar-refractivity contribution is 0.0946. The molecule has 0 aliphatic carbocycles. The molecule has 2 aromatic rings. The Labute approximate surface area is 116 Å². The molecule has 0 saturated heterocycles. The average molecular weight is 276 g/mol. The predicted octanol–water partition coefficient (Wildman–Crippen LogP) is 1.85. The van der Waals surface area contributed by atoms with Crippen LogP contribution in [-0.4, -0.2) is 27.2 Å². The van der Waals surface area contributed by atoms with Crippen LogP contribution in [0.25, 0.3) is 0 Å². The third kappa shape index (κ3) is 3.63. The average Bonchev–Trinajstić information content (AvgIpc) is 2.73. The molecule has 0 bridgehead atoms. The molecule has 106 valence electrons. The second-order valence-corrected chi connectivity index (χ2v) is 4.61. The molecule has 0 aromatic carbocycles. The van der Waals surface area contributed by atoms with Crippen molar-refractivity contribution < 1.29 is 9.18 Å². The monoisotopic (exact) mass is 276 g/mol. The number of pyridine rings is 1. The maximum Gasteiger partial charge on any atom is 0.269 e. The molecule has 0 unspecified atom stereocenters. The van der Waals surface area contributed by atoms with Gasteiger partial charge in [-0.05, 0) is 38.5 Å². The lowest BCUT2D eigenvalue weighted by Gasteiger charge is -2.06. The fraction of sp³-hybridized carbons (Fsp3) is 0.357. The zero-order valence-corrected chi connectivity index (χ0v) is 11.6. The number of aryl methyl sites for hydroxylation is 3. The van der Waals surface area contributed by atoms with Crippen molar-refractivity contribution in [3.05, 3.63) is 47.3 Å². The van der Waals surface area contributed by atoms with Crippen molar-refractivity contribution in [3.63, 3.8) is 0 Å². The quantitative estimate of drug-likeness (QED) is 0.669. The van der Waals surface area contributed by atoms with Gasteiger partial charge in [0, 0.05) is 18.8 Å². The Balaban J connectivity index is 1.79. The fourth-order valence-electron chi connectivity index (χ4n) is 1.96. The SMILES string of the molecule is Cc1cc(C)n(CCCNC(=O)c2cccc(F)n2)n1. The molecule has 1 amide bonds. The van der Waals surface area contributed by atoms with Crippen molar-refractivity contribution in [1.82, 2.24) is 20.1 Å². The number of rotatable bonds is 5. The zero-order chi connectivity index (χ0) is 14.5. The molecule has 20 heavy (non-hydrogen) atoms. The van der Waals surface area contributed by atoms with Gasteiger partial charge in [-0.25, -0.2) is 4.98 Å². The number of halogens is 1. The summed E-state index contributed by atoms with van der Waals surface area (Å²) in [5.41, 5.74) is 2.17. The number of amides is 1. The molecule has 6 heteroatoms. The summed E-state index contributed by atoms with van der Waals surface area (Å²) in [5, 5.41) is 7.05. The summed E-state index contributed by atoms with van der Waals surface area (Å²) in [6.45, 7) is 5.17. The molecule has 0 atom stereocenters. The first-order chi connectivity index (χ1) is 9.56. The van der Waals surface area contributed by atoms with Crippen molar-refractivity contribution in [2.75, 3.05) is 6.54 Å². The van der Waals surface area contributed by atoms with Crippen LogP contribution >= 0.6 is 0 Å². The minimum atomic E-state index is -0.653. The van der Waals surface area contributed by atoms with Crippen molar-refractivity contribution in [1.29, 1.82) is 0 Å². The van der Waals surface area contributed by atoms with Gasteiger partial charge in [0.25, 0.3) is 5.91 Å². The van der Waals surface area contributed by atoms with Crippen LogP contribution in [0.1, 0.15) is 28.3 Å². The van der Waals surface area contributed by atoms with Gasteiger partial charge in [-0.15, -0.1) is 0 Å². The summed E-state index contributed by atoms with van der Waals surface area (Å²) >= 11 is 0. The first-order valence-corrected chi connectivity index (χ1v) is 6.48. The lowest BCUT2D eigenvalue weighted by Crippen LogP contribution is -2.26. The molecule has 5 nitrogen and oxygen atoms in total. The van der Waals surface area contributed by atoms with Crippen molar-refractivity contribution >= 4 is 5.91 Å². The van der Waals surface area contributed by atoms with Gasteiger partial charge in [0.05, 0.1) is 5.69 Å². The van der Waals surface area contributed by atoms with Crippen LogP contribution < -0.4 is 5.32 Å². The first kappa shape index (κ1) is 14.2. The second kappa shape index (κ2) is 6.27. The second-order valence-electron chi connectivity index (χ2n) is 4.61. The minimum Gasteiger partial charge on any atom is -0.351 e. The van der Waals surface area contributed by atoms with Crippen molar-refractivity contribution in [2.45, 2.75) is 26.8 Å². The summed E-state index contributed by atoms with van der Waals surface area (Å²) in [6.07, 6.45) is 0.753. The summed E-state index contributed by atoms with van der Waals surface area (Å²) in [5.74, 6) is -1.02. The van der Waals surface area contributed by atoms with Crippen LogP contribution in [-0.2, 0) is 6.54 Å². The van der Waals surface area contributed by atoms with Crippen LogP contribution in [0.4, 0.5) is 4.39 Å². The lowest BCUT2D eigenvalue weighted by atomic mass is 10.3. The van der Waals surface area contributed by atoms with Crippen LogP contribution in [0.3, 0.4) is 0 Å². The highest BCUT2D eigenvalue weighted by Gasteiger charge is 2.07. The number of nitrogens with one attached hydrogen (secondary N) is 1. The van der Waals surface area contributed by atoms with E-state index in [-0.39, 0.29) is 11.6 Å². The van der Waals surface area contributed by atoms with Gasteiger partial charge in [-0.3, -0.25) is 9.48 Å². The predicted molar refractivity (Wildman–Crippen MR) is 72.8 cm³/mol. The molecule has 2 heterocycles. The molecule has 2 aromatic heterocycles. The van der Waals surface area contributed by atoms with E-state index in [1.54, 1.807) is 0 Å². The number of carbonyl (C=O) groups excluding carboxylic acids is 1. The molecule has 2 rings (SSSR count). The normalized spacial score (nSPS) is 10.6. The van der Waals surface area contributed by atoms with Crippen LogP contribution in [0.15, 0.2) is 24.3 Å². The van der Waals surface area contributed by atoms with E-state index in [9.17, 15) is 9.18 Å². The summed E-state index contributed by atoms with van der Waals surface area (Å²) < 4.78 is 14.8. The molecular weight excluding hydrogens is 259 g/mol. The number of carbonyl (C=O) groups is 1. The Morgan fingerprint density at radius 3 is 2.85 bits per heavy atom. The van der Waals surface area contributed by atoms with Gasteiger partial charge in [0.15, 0.2) is 0 Å². The van der Waals surface area contributed by atoms with E-state index in [1.165, 1.54) is 18.2 Å². The van der Waals surface area contributed by atoms with Crippen molar-refractivity contribution in [2.24, 2.45) is 0 Å². The van der Waals surface area contributed by atoms with Crippen molar-refractivity contribution in [3.8, 4) is 0 Å². The maximum absolute atomic E-state index is 12.9.